The Morgan fingerprint density at radius 2 is 1.66 bits per heavy atom. The number of hydrogen-bond donors (Lipinski definition) is 2. The first-order chi connectivity index (χ1) is 17.1. The van der Waals surface area contributed by atoms with Crippen molar-refractivity contribution in [3.63, 3.8) is 0 Å². The predicted molar refractivity (Wildman–Crippen MR) is 134 cm³/mol. The molecule has 0 bridgehead atoms. The molecule has 0 unspecified atom stereocenters. The molecule has 0 atom stereocenters. The Hall–Kier alpha value is -4.31. The molecule has 35 heavy (non-hydrogen) atoms. The number of nitrogens with one attached hydrogen (secondary N) is 2. The third kappa shape index (κ3) is 4.97. The van der Waals surface area contributed by atoms with Gasteiger partial charge in [0, 0.05) is 38.9 Å². The van der Waals surface area contributed by atoms with E-state index in [1.165, 1.54) is 0 Å². The summed E-state index contributed by atoms with van der Waals surface area (Å²) in [6.07, 6.45) is 3.35. The molecular formula is C25H26N8O2. The van der Waals surface area contributed by atoms with E-state index in [1.807, 2.05) is 37.4 Å². The van der Waals surface area contributed by atoms with E-state index in [-0.39, 0.29) is 18.4 Å². The first-order valence-electron chi connectivity index (χ1n) is 11.4. The molecule has 178 valence electrons. The van der Waals surface area contributed by atoms with Crippen LogP contribution in [0.15, 0.2) is 67.1 Å². The van der Waals surface area contributed by atoms with Crippen LogP contribution in [-0.4, -0.2) is 69.2 Å². The van der Waals surface area contributed by atoms with Gasteiger partial charge in [-0.1, -0.05) is 30.3 Å². The fourth-order valence-electron chi connectivity index (χ4n) is 4.22. The SMILES string of the molecule is Cn1ncc2c(N3CCN(CC(=O)Nc4ccccc4C(=O)Nc4ccccc4)CC3)ncnc21. The zero-order valence-corrected chi connectivity index (χ0v) is 19.4. The predicted octanol–water partition coefficient (Wildman–Crippen LogP) is 2.38. The van der Waals surface area contributed by atoms with E-state index < -0.39 is 0 Å². The molecule has 5 rings (SSSR count). The van der Waals surface area contributed by atoms with Crippen LogP contribution < -0.4 is 15.5 Å². The lowest BCUT2D eigenvalue weighted by atomic mass is 10.1. The van der Waals surface area contributed by atoms with Crippen molar-refractivity contribution in [3.05, 3.63) is 72.7 Å². The number of para-hydroxylation sites is 2. The van der Waals surface area contributed by atoms with Gasteiger partial charge in [0.25, 0.3) is 5.91 Å². The van der Waals surface area contributed by atoms with Gasteiger partial charge in [-0.25, -0.2) is 9.97 Å². The second-order valence-electron chi connectivity index (χ2n) is 8.38. The van der Waals surface area contributed by atoms with E-state index in [4.69, 9.17) is 0 Å². The van der Waals surface area contributed by atoms with Crippen LogP contribution in [-0.2, 0) is 11.8 Å². The van der Waals surface area contributed by atoms with Crippen LogP contribution in [0.1, 0.15) is 10.4 Å². The zero-order chi connectivity index (χ0) is 24.2. The van der Waals surface area contributed by atoms with Gasteiger partial charge in [-0.2, -0.15) is 5.10 Å². The van der Waals surface area contributed by atoms with Gasteiger partial charge in [0.15, 0.2) is 5.65 Å². The third-order valence-corrected chi connectivity index (χ3v) is 6.02. The summed E-state index contributed by atoms with van der Waals surface area (Å²) in [5.41, 5.74) is 2.40. The normalized spacial score (nSPS) is 14.1. The van der Waals surface area contributed by atoms with Crippen molar-refractivity contribution < 1.29 is 9.59 Å². The molecule has 4 aromatic rings. The van der Waals surface area contributed by atoms with Crippen molar-refractivity contribution in [2.75, 3.05) is 48.3 Å². The van der Waals surface area contributed by atoms with Gasteiger partial charge in [-0.3, -0.25) is 19.2 Å². The minimum atomic E-state index is -0.271. The lowest BCUT2D eigenvalue weighted by molar-refractivity contribution is -0.117. The molecule has 3 heterocycles. The first kappa shape index (κ1) is 22.5. The number of fused-ring (bicyclic) bond motifs is 1. The van der Waals surface area contributed by atoms with Crippen LogP contribution in [0.2, 0.25) is 0 Å². The van der Waals surface area contributed by atoms with Crippen molar-refractivity contribution in [3.8, 4) is 0 Å². The van der Waals surface area contributed by atoms with E-state index in [9.17, 15) is 9.59 Å². The Morgan fingerprint density at radius 1 is 0.914 bits per heavy atom. The van der Waals surface area contributed by atoms with E-state index in [0.29, 0.717) is 16.9 Å². The number of carbonyl (C=O) groups excluding carboxylic acids is 2. The molecule has 2 amide bonds. The maximum atomic E-state index is 12.8. The Morgan fingerprint density at radius 3 is 2.46 bits per heavy atom. The summed E-state index contributed by atoms with van der Waals surface area (Å²) < 4.78 is 1.74. The van der Waals surface area contributed by atoms with Crippen molar-refractivity contribution in [1.29, 1.82) is 0 Å². The zero-order valence-electron chi connectivity index (χ0n) is 19.4. The first-order valence-corrected chi connectivity index (χ1v) is 11.4. The molecule has 10 heteroatoms. The second-order valence-corrected chi connectivity index (χ2v) is 8.38. The number of rotatable bonds is 6. The summed E-state index contributed by atoms with van der Waals surface area (Å²) in [4.78, 5) is 38.7. The highest BCUT2D eigenvalue weighted by molar-refractivity contribution is 6.10. The second kappa shape index (κ2) is 9.90. The fraction of sp³-hybridized carbons (Fsp3) is 0.240. The van der Waals surface area contributed by atoms with E-state index >= 15 is 0 Å². The minimum Gasteiger partial charge on any atom is -0.353 e. The average molecular weight is 471 g/mol. The molecule has 2 aromatic heterocycles. The largest absolute Gasteiger partial charge is 0.353 e. The van der Waals surface area contributed by atoms with Crippen LogP contribution in [0.5, 0.6) is 0 Å². The van der Waals surface area contributed by atoms with Crippen molar-refractivity contribution in [1.82, 2.24) is 24.6 Å². The monoisotopic (exact) mass is 470 g/mol. The molecule has 2 N–H and O–H groups in total. The van der Waals surface area contributed by atoms with E-state index in [0.717, 1.165) is 43.0 Å². The molecule has 0 radical (unpaired) electrons. The van der Waals surface area contributed by atoms with Gasteiger partial charge >= 0.3 is 0 Å². The number of piperazine rings is 1. The molecule has 2 aromatic carbocycles. The Balaban J connectivity index is 1.18. The molecule has 1 aliphatic rings. The van der Waals surface area contributed by atoms with Gasteiger partial charge in [0.05, 0.1) is 29.4 Å². The fourth-order valence-corrected chi connectivity index (χ4v) is 4.22. The summed E-state index contributed by atoms with van der Waals surface area (Å²) >= 11 is 0. The number of nitrogens with zero attached hydrogens (tertiary/aromatic N) is 6. The van der Waals surface area contributed by atoms with Gasteiger partial charge in [-0.15, -0.1) is 0 Å². The Bertz CT molecular complexity index is 1350. The summed E-state index contributed by atoms with van der Waals surface area (Å²) in [6.45, 7) is 3.16. The minimum absolute atomic E-state index is 0.157. The standard InChI is InChI=1S/C25H26N8O2/c1-31-23-20(15-28-31)24(27-17-26-23)33-13-11-32(12-14-33)16-22(34)30-21-10-6-5-9-19(21)25(35)29-18-7-3-2-4-8-18/h2-10,15,17H,11-14,16H2,1H3,(H,29,35)(H,30,34). The summed E-state index contributed by atoms with van der Waals surface area (Å²) in [5.74, 6) is 0.438. The molecule has 0 saturated carbocycles. The number of aromatic nitrogens is 4. The molecular weight excluding hydrogens is 444 g/mol. The van der Waals surface area contributed by atoms with Crippen LogP contribution >= 0.6 is 0 Å². The van der Waals surface area contributed by atoms with Gasteiger partial charge in [0.2, 0.25) is 5.91 Å². The number of amides is 2. The van der Waals surface area contributed by atoms with Gasteiger partial charge in [0.1, 0.15) is 12.1 Å². The molecule has 0 aliphatic carbocycles. The van der Waals surface area contributed by atoms with Gasteiger partial charge in [-0.05, 0) is 24.3 Å². The third-order valence-electron chi connectivity index (χ3n) is 6.02. The van der Waals surface area contributed by atoms with Crippen molar-refractivity contribution in [2.24, 2.45) is 7.05 Å². The molecule has 10 nitrogen and oxygen atoms in total. The highest BCUT2D eigenvalue weighted by Crippen LogP contribution is 2.23. The lowest BCUT2D eigenvalue weighted by Crippen LogP contribution is -2.49. The van der Waals surface area contributed by atoms with E-state index in [2.05, 4.69) is 35.5 Å². The Kier molecular flexibility index (Phi) is 6.36. The highest BCUT2D eigenvalue weighted by atomic mass is 16.2. The maximum absolute atomic E-state index is 12.8. The number of benzene rings is 2. The summed E-state index contributed by atoms with van der Waals surface area (Å²) in [6, 6.07) is 16.3. The smallest absolute Gasteiger partial charge is 0.257 e. The number of anilines is 3. The van der Waals surface area contributed by atoms with Crippen LogP contribution in [0.4, 0.5) is 17.2 Å². The number of hydrogen-bond acceptors (Lipinski definition) is 7. The van der Waals surface area contributed by atoms with Crippen LogP contribution in [0.25, 0.3) is 11.0 Å². The highest BCUT2D eigenvalue weighted by Gasteiger charge is 2.23. The number of aryl methyl sites for hydroxylation is 1. The van der Waals surface area contributed by atoms with Gasteiger partial charge < -0.3 is 15.5 Å². The molecule has 1 saturated heterocycles. The van der Waals surface area contributed by atoms with E-state index in [1.54, 1.807) is 41.5 Å². The molecule has 1 aliphatic heterocycles. The lowest BCUT2D eigenvalue weighted by Gasteiger charge is -2.35. The maximum Gasteiger partial charge on any atom is 0.257 e. The van der Waals surface area contributed by atoms with Crippen molar-refractivity contribution in [2.45, 2.75) is 0 Å². The molecule has 1 fully saturated rings. The summed E-state index contributed by atoms with van der Waals surface area (Å²) in [7, 11) is 1.86. The number of carbonyl (C=O) groups is 2. The summed E-state index contributed by atoms with van der Waals surface area (Å²) in [5, 5.41) is 11.0. The topological polar surface area (TPSA) is 108 Å². The van der Waals surface area contributed by atoms with Crippen molar-refractivity contribution >= 4 is 40.0 Å². The van der Waals surface area contributed by atoms with Crippen LogP contribution in [0.3, 0.4) is 0 Å². The average Bonchev–Trinajstić information content (AvgIpc) is 3.26. The Labute approximate surface area is 202 Å². The quantitative estimate of drug-likeness (QED) is 0.445. The molecule has 0 spiro atoms. The van der Waals surface area contributed by atoms with Crippen LogP contribution in [0, 0.1) is 0 Å².